The second kappa shape index (κ2) is 12.0. The van der Waals surface area contributed by atoms with Gasteiger partial charge in [-0.25, -0.2) is 33.5 Å². The van der Waals surface area contributed by atoms with Crippen molar-refractivity contribution < 1.29 is 14.3 Å². The van der Waals surface area contributed by atoms with Crippen LogP contribution in [-0.2, 0) is 0 Å². The molecule has 4 heterocycles. The van der Waals surface area contributed by atoms with Crippen molar-refractivity contribution >= 4 is 40.6 Å². The number of hydrogen-bond acceptors (Lipinski definition) is 7. The first kappa shape index (κ1) is 31.1. The first-order chi connectivity index (χ1) is 20.8. The summed E-state index contributed by atoms with van der Waals surface area (Å²) in [6.45, 7) is 15.9. The summed E-state index contributed by atoms with van der Waals surface area (Å²) in [6, 6.07) is 7.13. The number of fused-ring (bicyclic) bond motifs is 1. The van der Waals surface area contributed by atoms with Gasteiger partial charge in [-0.3, -0.25) is 0 Å². The summed E-state index contributed by atoms with van der Waals surface area (Å²) in [4.78, 5) is 48.3. The fourth-order valence-electron chi connectivity index (χ4n) is 5.69. The van der Waals surface area contributed by atoms with Crippen molar-refractivity contribution in [1.29, 1.82) is 0 Å². The zero-order chi connectivity index (χ0) is 32.0. The van der Waals surface area contributed by atoms with E-state index in [1.807, 2.05) is 39.5 Å². The van der Waals surface area contributed by atoms with Gasteiger partial charge in [0.25, 0.3) is 0 Å². The third-order valence-corrected chi connectivity index (χ3v) is 8.18. The Morgan fingerprint density at radius 3 is 2.25 bits per heavy atom. The van der Waals surface area contributed by atoms with E-state index in [4.69, 9.17) is 26.6 Å². The maximum atomic E-state index is 15.1. The fourth-order valence-corrected chi connectivity index (χ4v) is 5.94. The van der Waals surface area contributed by atoms with Gasteiger partial charge < -0.3 is 14.9 Å². The van der Waals surface area contributed by atoms with Gasteiger partial charge in [0.15, 0.2) is 11.5 Å². The molecule has 3 aromatic heterocycles. The first-order valence-corrected chi connectivity index (χ1v) is 14.9. The Kier molecular flexibility index (Phi) is 8.44. The van der Waals surface area contributed by atoms with Crippen LogP contribution in [-0.4, -0.2) is 65.8 Å². The molecule has 1 amide bonds. The van der Waals surface area contributed by atoms with E-state index in [2.05, 4.69) is 11.6 Å². The fraction of sp³-hybridized carbons (Fsp3) is 0.375. The lowest BCUT2D eigenvalue weighted by molar-refractivity contribution is 0.114. The second-order valence-electron chi connectivity index (χ2n) is 11.7. The maximum absolute atomic E-state index is 15.1. The molecule has 44 heavy (non-hydrogen) atoms. The number of carboxylic acid groups (broad SMARTS) is 1. The zero-order valence-corrected chi connectivity index (χ0v) is 26.3. The molecule has 0 bridgehead atoms. The van der Waals surface area contributed by atoms with Gasteiger partial charge in [0.2, 0.25) is 0 Å². The van der Waals surface area contributed by atoms with Gasteiger partial charge in [-0.15, -0.1) is 0 Å². The number of pyridine rings is 1. The van der Waals surface area contributed by atoms with Gasteiger partial charge >= 0.3 is 11.8 Å². The molecule has 10 nitrogen and oxygen atoms in total. The van der Waals surface area contributed by atoms with E-state index in [-0.39, 0.29) is 58.9 Å². The van der Waals surface area contributed by atoms with Crippen LogP contribution < -0.4 is 10.6 Å². The molecule has 1 fully saturated rings. The largest absolute Gasteiger partial charge is 0.465 e. The average molecular weight is 620 g/mol. The molecule has 1 N–H and O–H groups in total. The van der Waals surface area contributed by atoms with E-state index < -0.39 is 17.6 Å². The molecule has 1 aliphatic heterocycles. The summed E-state index contributed by atoms with van der Waals surface area (Å²) in [5, 5.41) is 10.3. The molecule has 230 valence electrons. The van der Waals surface area contributed by atoms with Gasteiger partial charge in [0.1, 0.15) is 11.6 Å². The van der Waals surface area contributed by atoms with Crippen molar-refractivity contribution in [1.82, 2.24) is 29.4 Å². The van der Waals surface area contributed by atoms with Crippen LogP contribution in [0.3, 0.4) is 0 Å². The Morgan fingerprint density at radius 1 is 1.05 bits per heavy atom. The number of hydrogen-bond donors (Lipinski definition) is 1. The molecule has 0 spiro atoms. The number of nitrogens with zero attached hydrogens (tertiary/aromatic N) is 7. The second-order valence-corrected chi connectivity index (χ2v) is 12.1. The minimum Gasteiger partial charge on any atom is -0.465 e. The summed E-state index contributed by atoms with van der Waals surface area (Å²) < 4.78 is 16.5. The predicted octanol–water partition coefficient (Wildman–Crippen LogP) is 6.50. The molecular weight excluding hydrogens is 585 g/mol. The molecular formula is C32H35ClFN7O3. The predicted molar refractivity (Wildman–Crippen MR) is 170 cm³/mol. The van der Waals surface area contributed by atoms with E-state index in [9.17, 15) is 14.7 Å². The summed E-state index contributed by atoms with van der Waals surface area (Å²) in [7, 11) is 0. The molecule has 1 saturated heterocycles. The molecule has 2 atom stereocenters. The lowest BCUT2D eigenvalue weighted by Gasteiger charge is -2.43. The number of carbonyl (C=O) groups is 1. The van der Waals surface area contributed by atoms with Crippen LogP contribution in [0.25, 0.3) is 34.1 Å². The maximum Gasteiger partial charge on any atom is 0.407 e. The number of rotatable bonds is 6. The van der Waals surface area contributed by atoms with Crippen LogP contribution >= 0.6 is 11.6 Å². The van der Waals surface area contributed by atoms with Gasteiger partial charge in [0.05, 0.1) is 33.2 Å². The lowest BCUT2D eigenvalue weighted by atomic mass is 10.0. The van der Waals surface area contributed by atoms with E-state index in [1.54, 1.807) is 37.3 Å². The van der Waals surface area contributed by atoms with Crippen LogP contribution in [0.1, 0.15) is 70.6 Å². The summed E-state index contributed by atoms with van der Waals surface area (Å²) in [6.07, 6.45) is 0.555. The number of piperazine rings is 1. The summed E-state index contributed by atoms with van der Waals surface area (Å²) in [5.74, 6) is 0.00975. The molecule has 5 rings (SSSR count). The number of amides is 1. The normalized spacial score (nSPS) is 17.1. The van der Waals surface area contributed by atoms with E-state index in [0.717, 1.165) is 0 Å². The van der Waals surface area contributed by atoms with Crippen molar-refractivity contribution in [3.8, 4) is 16.9 Å². The zero-order valence-electron chi connectivity index (χ0n) is 25.5. The smallest absolute Gasteiger partial charge is 0.407 e. The van der Waals surface area contributed by atoms with E-state index >= 15 is 4.39 Å². The van der Waals surface area contributed by atoms with Crippen LogP contribution in [0, 0.1) is 5.82 Å². The van der Waals surface area contributed by atoms with Crippen molar-refractivity contribution in [2.24, 2.45) is 0 Å². The lowest BCUT2D eigenvalue weighted by Crippen LogP contribution is -2.58. The Hall–Kier alpha value is -4.38. The average Bonchev–Trinajstić information content (AvgIpc) is 2.97. The first-order valence-electron chi connectivity index (χ1n) is 14.5. The highest BCUT2D eigenvalue weighted by Crippen LogP contribution is 2.37. The summed E-state index contributed by atoms with van der Waals surface area (Å²) in [5.41, 5.74) is 1.61. The molecule has 1 aliphatic rings. The van der Waals surface area contributed by atoms with Gasteiger partial charge in [-0.05, 0) is 50.0 Å². The molecule has 4 aromatic rings. The van der Waals surface area contributed by atoms with Crippen molar-refractivity contribution in [3.05, 3.63) is 75.4 Å². The highest BCUT2D eigenvalue weighted by molar-refractivity contribution is 6.33. The van der Waals surface area contributed by atoms with Crippen LogP contribution in [0.4, 0.5) is 15.0 Å². The topological polar surface area (TPSA) is 117 Å². The Labute approximate surface area is 259 Å². The third kappa shape index (κ3) is 5.40. The number of benzene rings is 1. The highest BCUT2D eigenvalue weighted by Gasteiger charge is 2.35. The number of aromatic nitrogens is 5. The Morgan fingerprint density at radius 2 is 1.68 bits per heavy atom. The van der Waals surface area contributed by atoms with Crippen LogP contribution in [0.15, 0.2) is 41.7 Å². The minimum absolute atomic E-state index is 0.117. The standard InChI is InChI=1S/C32H35ClFN7O3/c1-8-24-35-25(16(2)3)28(26(36-24)17(4)5)41-30-21(13-22(33)27(37-30)20-11-9-10-12-23(20)34)29(38-31(41)42)39-14-19(7)40(32(43)44)15-18(39)6/h8-13,16-19H,1,14-15H2,2-7H3,(H,43,44)/t18-,19+/m0/s1. The van der Waals surface area contributed by atoms with Gasteiger partial charge in [-0.2, -0.15) is 4.98 Å². The number of halogens is 2. The van der Waals surface area contributed by atoms with Crippen LogP contribution in [0.2, 0.25) is 5.02 Å². The van der Waals surface area contributed by atoms with Gasteiger partial charge in [-0.1, -0.05) is 58.0 Å². The highest BCUT2D eigenvalue weighted by atomic mass is 35.5. The van der Waals surface area contributed by atoms with E-state index in [1.165, 1.54) is 15.5 Å². The molecule has 0 aliphatic carbocycles. The van der Waals surface area contributed by atoms with Crippen molar-refractivity contribution in [2.75, 3.05) is 18.0 Å². The van der Waals surface area contributed by atoms with Crippen molar-refractivity contribution in [3.63, 3.8) is 0 Å². The molecule has 12 heteroatoms. The molecule has 0 saturated carbocycles. The monoisotopic (exact) mass is 619 g/mol. The molecule has 1 aromatic carbocycles. The SMILES string of the molecule is C=Cc1nc(C(C)C)c(-n2c(=O)nc(N3C[C@@H](C)N(C(=O)O)C[C@@H]3C)c3cc(Cl)c(-c4ccccc4F)nc32)c(C(C)C)n1. The Bertz CT molecular complexity index is 1810. The quantitative estimate of drug-likeness (QED) is 0.260. The summed E-state index contributed by atoms with van der Waals surface area (Å²) >= 11 is 6.81. The molecule has 0 unspecified atom stereocenters. The van der Waals surface area contributed by atoms with Crippen molar-refractivity contribution in [2.45, 2.75) is 65.5 Å². The minimum atomic E-state index is -1.01. The number of anilines is 1. The molecule has 0 radical (unpaired) electrons. The van der Waals surface area contributed by atoms with E-state index in [0.29, 0.717) is 34.1 Å². The Balaban J connectivity index is 1.90. The van der Waals surface area contributed by atoms with Gasteiger partial charge in [0, 0.05) is 30.7 Å². The third-order valence-electron chi connectivity index (χ3n) is 7.89. The van der Waals surface area contributed by atoms with Crippen LogP contribution in [0.5, 0.6) is 0 Å².